The van der Waals surface area contributed by atoms with Crippen LogP contribution in [0.25, 0.3) is 0 Å². The van der Waals surface area contributed by atoms with E-state index in [4.69, 9.17) is 0 Å². The average Bonchev–Trinajstić information content (AvgIpc) is 3.06. The molecule has 0 spiro atoms. The molecule has 0 aromatic heterocycles. The molecule has 16 heavy (non-hydrogen) atoms. The van der Waals surface area contributed by atoms with Crippen molar-refractivity contribution in [2.24, 2.45) is 0 Å². The highest BCUT2D eigenvalue weighted by Crippen LogP contribution is 2.30. The van der Waals surface area contributed by atoms with Crippen molar-refractivity contribution in [2.75, 3.05) is 7.05 Å². The number of benzene rings is 1. The van der Waals surface area contributed by atoms with Crippen LogP contribution >= 0.6 is 15.9 Å². The van der Waals surface area contributed by atoms with Gasteiger partial charge < -0.3 is 4.90 Å². The van der Waals surface area contributed by atoms with Crippen LogP contribution in [0.4, 0.5) is 4.39 Å². The predicted molar refractivity (Wildman–Crippen MR) is 64.0 cm³/mol. The molecule has 0 bridgehead atoms. The summed E-state index contributed by atoms with van der Waals surface area (Å²) in [5.74, 6) is -0.703. The minimum absolute atomic E-state index is 0.148. The number of rotatable bonds is 2. The first kappa shape index (κ1) is 11.6. The van der Waals surface area contributed by atoms with Crippen LogP contribution in [-0.2, 0) is 0 Å². The quantitative estimate of drug-likeness (QED) is 0.818. The van der Waals surface area contributed by atoms with Gasteiger partial charge in [-0.15, -0.1) is 0 Å². The standard InChI is InChI=1S/C12H13BrFNO/c1-7-3-6-9(14)10(11(7)13)12(16)15(2)8-4-5-8/h3,6,8H,4-5H2,1-2H3. The molecule has 1 aromatic carbocycles. The maximum Gasteiger partial charge on any atom is 0.257 e. The SMILES string of the molecule is Cc1ccc(F)c(C(=O)N(C)C2CC2)c1Br. The summed E-state index contributed by atoms with van der Waals surface area (Å²) in [5, 5.41) is 0. The normalized spacial score (nSPS) is 15.0. The third-order valence-electron chi connectivity index (χ3n) is 2.91. The molecule has 0 atom stereocenters. The minimum atomic E-state index is -0.463. The van der Waals surface area contributed by atoms with Crippen molar-refractivity contribution in [3.05, 3.63) is 33.5 Å². The van der Waals surface area contributed by atoms with E-state index in [1.54, 1.807) is 18.0 Å². The second-order valence-corrected chi connectivity index (χ2v) is 4.99. The molecule has 1 aliphatic rings. The Bertz CT molecular complexity index is 443. The van der Waals surface area contributed by atoms with Gasteiger partial charge in [0.05, 0.1) is 5.56 Å². The number of hydrogen-bond donors (Lipinski definition) is 0. The molecule has 2 nitrogen and oxygen atoms in total. The monoisotopic (exact) mass is 285 g/mol. The highest BCUT2D eigenvalue weighted by molar-refractivity contribution is 9.10. The Labute approximate surface area is 103 Å². The third kappa shape index (κ3) is 1.98. The smallest absolute Gasteiger partial charge is 0.257 e. The number of carbonyl (C=O) groups is 1. The second-order valence-electron chi connectivity index (χ2n) is 4.20. The molecule has 1 fully saturated rings. The van der Waals surface area contributed by atoms with Crippen LogP contribution in [0.3, 0.4) is 0 Å². The highest BCUT2D eigenvalue weighted by atomic mass is 79.9. The molecular formula is C12H13BrFNO. The summed E-state index contributed by atoms with van der Waals surface area (Å²) in [6, 6.07) is 3.29. The largest absolute Gasteiger partial charge is 0.339 e. The van der Waals surface area contributed by atoms with E-state index in [2.05, 4.69) is 15.9 Å². The van der Waals surface area contributed by atoms with E-state index >= 15 is 0 Å². The number of hydrogen-bond acceptors (Lipinski definition) is 1. The fourth-order valence-corrected chi connectivity index (χ4v) is 2.15. The van der Waals surface area contributed by atoms with Gasteiger partial charge in [-0.1, -0.05) is 6.07 Å². The molecule has 1 aliphatic carbocycles. The molecule has 2 rings (SSSR count). The molecule has 86 valence electrons. The highest BCUT2D eigenvalue weighted by Gasteiger charge is 2.32. The molecule has 0 saturated heterocycles. The number of aryl methyl sites for hydroxylation is 1. The molecule has 4 heteroatoms. The lowest BCUT2D eigenvalue weighted by molar-refractivity contribution is 0.0779. The van der Waals surface area contributed by atoms with E-state index in [1.807, 2.05) is 6.92 Å². The van der Waals surface area contributed by atoms with Crippen molar-refractivity contribution in [3.63, 3.8) is 0 Å². The predicted octanol–water partition coefficient (Wildman–Crippen LogP) is 3.13. The topological polar surface area (TPSA) is 20.3 Å². The summed E-state index contributed by atoms with van der Waals surface area (Å²) in [6.07, 6.45) is 2.04. The summed E-state index contributed by atoms with van der Waals surface area (Å²) < 4.78 is 14.2. The fraction of sp³-hybridized carbons (Fsp3) is 0.417. The van der Waals surface area contributed by atoms with Gasteiger partial charge in [-0.3, -0.25) is 4.79 Å². The maximum absolute atomic E-state index is 13.6. The van der Waals surface area contributed by atoms with Crippen molar-refractivity contribution in [1.29, 1.82) is 0 Å². The van der Waals surface area contributed by atoms with E-state index < -0.39 is 5.82 Å². The Balaban J connectivity index is 2.38. The summed E-state index contributed by atoms with van der Waals surface area (Å²) >= 11 is 3.28. The Kier molecular flexibility index (Phi) is 3.02. The van der Waals surface area contributed by atoms with E-state index in [0.29, 0.717) is 10.5 Å². The molecule has 1 amide bonds. The van der Waals surface area contributed by atoms with Crippen LogP contribution in [0.2, 0.25) is 0 Å². The maximum atomic E-state index is 13.6. The van der Waals surface area contributed by atoms with Gasteiger partial charge in [-0.2, -0.15) is 0 Å². The molecule has 0 N–H and O–H groups in total. The minimum Gasteiger partial charge on any atom is -0.339 e. The lowest BCUT2D eigenvalue weighted by atomic mass is 10.1. The van der Waals surface area contributed by atoms with Crippen LogP contribution in [0.5, 0.6) is 0 Å². The van der Waals surface area contributed by atoms with Crippen molar-refractivity contribution < 1.29 is 9.18 Å². The fourth-order valence-electron chi connectivity index (χ4n) is 1.66. The summed E-state index contributed by atoms with van der Waals surface area (Å²) in [5.41, 5.74) is 1.02. The first-order valence-electron chi connectivity index (χ1n) is 5.24. The summed E-state index contributed by atoms with van der Waals surface area (Å²) in [4.78, 5) is 13.7. The molecular weight excluding hydrogens is 273 g/mol. The lowest BCUT2D eigenvalue weighted by Gasteiger charge is -2.18. The Morgan fingerprint density at radius 2 is 2.12 bits per heavy atom. The Morgan fingerprint density at radius 3 is 2.69 bits per heavy atom. The average molecular weight is 286 g/mol. The zero-order chi connectivity index (χ0) is 11.9. The van der Waals surface area contributed by atoms with Crippen LogP contribution in [0, 0.1) is 12.7 Å². The van der Waals surface area contributed by atoms with Crippen molar-refractivity contribution in [2.45, 2.75) is 25.8 Å². The van der Waals surface area contributed by atoms with Crippen LogP contribution < -0.4 is 0 Å². The molecule has 0 aliphatic heterocycles. The van der Waals surface area contributed by atoms with Gasteiger partial charge in [0.25, 0.3) is 5.91 Å². The second kappa shape index (κ2) is 4.17. The van der Waals surface area contributed by atoms with E-state index in [-0.39, 0.29) is 11.5 Å². The van der Waals surface area contributed by atoms with Gasteiger partial charge >= 0.3 is 0 Å². The Hall–Kier alpha value is -0.900. The van der Waals surface area contributed by atoms with E-state index in [0.717, 1.165) is 18.4 Å². The summed E-state index contributed by atoms with van der Waals surface area (Å²) in [7, 11) is 1.73. The van der Waals surface area contributed by atoms with Crippen molar-refractivity contribution in [1.82, 2.24) is 4.90 Å². The van der Waals surface area contributed by atoms with Gasteiger partial charge in [0.15, 0.2) is 0 Å². The van der Waals surface area contributed by atoms with Gasteiger partial charge in [0.1, 0.15) is 5.82 Å². The van der Waals surface area contributed by atoms with Crippen LogP contribution in [-0.4, -0.2) is 23.9 Å². The van der Waals surface area contributed by atoms with E-state index in [9.17, 15) is 9.18 Å². The molecule has 0 radical (unpaired) electrons. The zero-order valence-corrected chi connectivity index (χ0v) is 10.8. The van der Waals surface area contributed by atoms with Crippen molar-refractivity contribution >= 4 is 21.8 Å². The van der Waals surface area contributed by atoms with E-state index in [1.165, 1.54) is 6.07 Å². The van der Waals surface area contributed by atoms with Crippen LogP contribution in [0.1, 0.15) is 28.8 Å². The van der Waals surface area contributed by atoms with Crippen molar-refractivity contribution in [3.8, 4) is 0 Å². The lowest BCUT2D eigenvalue weighted by Crippen LogP contribution is -2.30. The molecule has 0 heterocycles. The van der Waals surface area contributed by atoms with Gasteiger partial charge in [-0.25, -0.2) is 4.39 Å². The molecule has 1 saturated carbocycles. The number of nitrogens with zero attached hydrogens (tertiary/aromatic N) is 1. The number of halogens is 2. The molecule has 0 unspecified atom stereocenters. The zero-order valence-electron chi connectivity index (χ0n) is 9.26. The number of amides is 1. The summed E-state index contributed by atoms with van der Waals surface area (Å²) in [6.45, 7) is 1.84. The van der Waals surface area contributed by atoms with Gasteiger partial charge in [0.2, 0.25) is 0 Å². The first-order valence-corrected chi connectivity index (χ1v) is 6.03. The Morgan fingerprint density at radius 1 is 1.50 bits per heavy atom. The number of carbonyl (C=O) groups excluding carboxylic acids is 1. The third-order valence-corrected chi connectivity index (χ3v) is 3.93. The molecule has 1 aromatic rings. The van der Waals surface area contributed by atoms with Crippen LogP contribution in [0.15, 0.2) is 16.6 Å². The van der Waals surface area contributed by atoms with Gasteiger partial charge in [0, 0.05) is 17.6 Å². The van der Waals surface area contributed by atoms with Gasteiger partial charge in [-0.05, 0) is 47.3 Å². The first-order chi connectivity index (χ1) is 7.52.